The molecule has 104 valence electrons. The van der Waals surface area contributed by atoms with Crippen LogP contribution in [0.2, 0.25) is 0 Å². The number of rotatable bonds is 4. The van der Waals surface area contributed by atoms with E-state index in [2.05, 4.69) is 9.71 Å². The molecule has 1 aliphatic rings. The third-order valence-electron chi connectivity index (χ3n) is 2.86. The summed E-state index contributed by atoms with van der Waals surface area (Å²) in [6, 6.07) is 2.49. The fourth-order valence-corrected chi connectivity index (χ4v) is 3.22. The third kappa shape index (κ3) is 3.42. The highest BCUT2D eigenvalue weighted by Gasteiger charge is 2.28. The molecule has 2 N–H and O–H groups in total. The SMILES string of the molecule is O=C(O)c1ccnc(NS(=O)(=O)C2CCOCC2)c1. The predicted octanol–water partition coefficient (Wildman–Crippen LogP) is 0.700. The number of aromatic nitrogens is 1. The quantitative estimate of drug-likeness (QED) is 0.844. The van der Waals surface area contributed by atoms with Crippen molar-refractivity contribution in [1.29, 1.82) is 0 Å². The van der Waals surface area contributed by atoms with Crippen molar-refractivity contribution in [1.82, 2.24) is 4.98 Å². The summed E-state index contributed by atoms with van der Waals surface area (Å²) >= 11 is 0. The normalized spacial score (nSPS) is 17.1. The molecule has 1 aromatic heterocycles. The lowest BCUT2D eigenvalue weighted by atomic mass is 10.2. The second-order valence-corrected chi connectivity index (χ2v) is 6.15. The minimum Gasteiger partial charge on any atom is -0.478 e. The van der Waals surface area contributed by atoms with E-state index in [9.17, 15) is 13.2 Å². The van der Waals surface area contributed by atoms with E-state index in [0.717, 1.165) is 0 Å². The molecule has 19 heavy (non-hydrogen) atoms. The zero-order valence-corrected chi connectivity index (χ0v) is 10.9. The van der Waals surface area contributed by atoms with E-state index in [0.29, 0.717) is 26.1 Å². The van der Waals surface area contributed by atoms with E-state index in [1.807, 2.05) is 0 Å². The molecule has 1 saturated heterocycles. The van der Waals surface area contributed by atoms with E-state index >= 15 is 0 Å². The van der Waals surface area contributed by atoms with Crippen LogP contribution in [0.1, 0.15) is 23.2 Å². The van der Waals surface area contributed by atoms with Gasteiger partial charge < -0.3 is 9.84 Å². The van der Waals surface area contributed by atoms with Crippen LogP contribution in [0.25, 0.3) is 0 Å². The van der Waals surface area contributed by atoms with Crippen molar-refractivity contribution in [3.63, 3.8) is 0 Å². The Kier molecular flexibility index (Phi) is 4.01. The minimum atomic E-state index is -3.56. The largest absolute Gasteiger partial charge is 0.478 e. The molecule has 2 rings (SSSR count). The van der Waals surface area contributed by atoms with E-state index in [1.165, 1.54) is 18.3 Å². The monoisotopic (exact) mass is 286 g/mol. The zero-order chi connectivity index (χ0) is 13.9. The molecule has 0 atom stereocenters. The highest BCUT2D eigenvalue weighted by atomic mass is 32.2. The third-order valence-corrected chi connectivity index (χ3v) is 4.70. The summed E-state index contributed by atoms with van der Waals surface area (Å²) in [4.78, 5) is 14.6. The van der Waals surface area contributed by atoms with Crippen LogP contribution in [0.5, 0.6) is 0 Å². The number of sulfonamides is 1. The molecule has 0 aliphatic carbocycles. The van der Waals surface area contributed by atoms with Gasteiger partial charge in [-0.2, -0.15) is 0 Å². The summed E-state index contributed by atoms with van der Waals surface area (Å²) in [5.74, 6) is -1.11. The maximum atomic E-state index is 12.1. The zero-order valence-electron chi connectivity index (χ0n) is 10.1. The van der Waals surface area contributed by atoms with Gasteiger partial charge in [0.15, 0.2) is 0 Å². The van der Waals surface area contributed by atoms with Crippen LogP contribution in [0, 0.1) is 0 Å². The van der Waals surface area contributed by atoms with Crippen molar-refractivity contribution in [2.24, 2.45) is 0 Å². The summed E-state index contributed by atoms with van der Waals surface area (Å²) < 4.78 is 31.6. The van der Waals surface area contributed by atoms with E-state index in [-0.39, 0.29) is 11.4 Å². The first kappa shape index (κ1) is 13.8. The topological polar surface area (TPSA) is 106 Å². The Hall–Kier alpha value is -1.67. The van der Waals surface area contributed by atoms with Crippen molar-refractivity contribution in [3.8, 4) is 0 Å². The maximum Gasteiger partial charge on any atom is 0.335 e. The van der Waals surface area contributed by atoms with Crippen molar-refractivity contribution in [2.45, 2.75) is 18.1 Å². The van der Waals surface area contributed by atoms with Crippen molar-refractivity contribution in [2.75, 3.05) is 17.9 Å². The molecule has 0 saturated carbocycles. The lowest BCUT2D eigenvalue weighted by molar-refractivity contribution is 0.0697. The molecule has 1 fully saturated rings. The molecule has 1 aliphatic heterocycles. The number of hydrogen-bond acceptors (Lipinski definition) is 5. The van der Waals surface area contributed by atoms with Crippen LogP contribution >= 0.6 is 0 Å². The molecule has 2 heterocycles. The predicted molar refractivity (Wildman–Crippen MR) is 67.6 cm³/mol. The summed E-state index contributed by atoms with van der Waals surface area (Å²) in [5, 5.41) is 8.30. The average Bonchev–Trinajstić information content (AvgIpc) is 2.39. The lowest BCUT2D eigenvalue weighted by Crippen LogP contribution is -2.33. The summed E-state index contributed by atoms with van der Waals surface area (Å²) in [6.07, 6.45) is 2.10. The second kappa shape index (κ2) is 5.54. The van der Waals surface area contributed by atoms with E-state index in [4.69, 9.17) is 9.84 Å². The van der Waals surface area contributed by atoms with Crippen LogP contribution in [0.3, 0.4) is 0 Å². The van der Waals surface area contributed by atoms with Crippen LogP contribution in [0.4, 0.5) is 5.82 Å². The molecule has 0 unspecified atom stereocenters. The average molecular weight is 286 g/mol. The highest BCUT2D eigenvalue weighted by molar-refractivity contribution is 7.93. The second-order valence-electron chi connectivity index (χ2n) is 4.19. The van der Waals surface area contributed by atoms with Crippen molar-refractivity contribution >= 4 is 21.8 Å². The smallest absolute Gasteiger partial charge is 0.335 e. The summed E-state index contributed by atoms with van der Waals surface area (Å²) in [7, 11) is -3.56. The first-order valence-electron chi connectivity index (χ1n) is 5.78. The highest BCUT2D eigenvalue weighted by Crippen LogP contribution is 2.18. The summed E-state index contributed by atoms with van der Waals surface area (Å²) in [6.45, 7) is 0.822. The van der Waals surface area contributed by atoms with Gasteiger partial charge in [-0.15, -0.1) is 0 Å². The van der Waals surface area contributed by atoms with Gasteiger partial charge in [-0.1, -0.05) is 0 Å². The Labute approximate surface area is 110 Å². The molecule has 0 amide bonds. The van der Waals surface area contributed by atoms with Crippen LogP contribution in [0.15, 0.2) is 18.3 Å². The lowest BCUT2D eigenvalue weighted by Gasteiger charge is -2.22. The first-order chi connectivity index (χ1) is 8.99. The number of carboxylic acid groups (broad SMARTS) is 1. The Morgan fingerprint density at radius 2 is 2.11 bits per heavy atom. The van der Waals surface area contributed by atoms with Gasteiger partial charge in [0.2, 0.25) is 10.0 Å². The number of ether oxygens (including phenoxy) is 1. The number of nitrogens with zero attached hydrogens (tertiary/aromatic N) is 1. The van der Waals surface area contributed by atoms with Gasteiger partial charge in [0.25, 0.3) is 0 Å². The molecule has 8 heteroatoms. The molecular formula is C11H14N2O5S. The molecule has 7 nitrogen and oxygen atoms in total. The van der Waals surface area contributed by atoms with Crippen LogP contribution in [-0.4, -0.2) is 42.9 Å². The maximum absolute atomic E-state index is 12.1. The van der Waals surface area contributed by atoms with E-state index < -0.39 is 21.2 Å². The Balaban J connectivity index is 2.15. The van der Waals surface area contributed by atoms with Gasteiger partial charge >= 0.3 is 5.97 Å². The van der Waals surface area contributed by atoms with Gasteiger partial charge in [0.1, 0.15) is 5.82 Å². The van der Waals surface area contributed by atoms with Gasteiger partial charge in [0.05, 0.1) is 10.8 Å². The Morgan fingerprint density at radius 1 is 1.42 bits per heavy atom. The Bertz CT molecular complexity index is 566. The van der Waals surface area contributed by atoms with Crippen LogP contribution < -0.4 is 4.72 Å². The number of anilines is 1. The first-order valence-corrected chi connectivity index (χ1v) is 7.32. The summed E-state index contributed by atoms with van der Waals surface area (Å²) in [5.41, 5.74) is -0.0142. The Morgan fingerprint density at radius 3 is 2.74 bits per heavy atom. The van der Waals surface area contributed by atoms with Gasteiger partial charge in [-0.05, 0) is 25.0 Å². The molecular weight excluding hydrogens is 272 g/mol. The van der Waals surface area contributed by atoms with Gasteiger partial charge in [-0.25, -0.2) is 18.2 Å². The minimum absolute atomic E-state index is 0.0142. The number of pyridine rings is 1. The number of carbonyl (C=O) groups is 1. The molecule has 0 spiro atoms. The number of aromatic carboxylic acids is 1. The van der Waals surface area contributed by atoms with Crippen LogP contribution in [-0.2, 0) is 14.8 Å². The van der Waals surface area contributed by atoms with E-state index in [1.54, 1.807) is 0 Å². The molecule has 0 aromatic carbocycles. The fourth-order valence-electron chi connectivity index (χ4n) is 1.83. The molecule has 0 radical (unpaired) electrons. The molecule has 0 bridgehead atoms. The van der Waals surface area contributed by atoms with Crippen molar-refractivity contribution in [3.05, 3.63) is 23.9 Å². The standard InChI is InChI=1S/C11H14N2O5S/c14-11(15)8-1-4-12-10(7-8)13-19(16,17)9-2-5-18-6-3-9/h1,4,7,9H,2-3,5-6H2,(H,12,13)(H,14,15). The fraction of sp³-hybridized carbons (Fsp3) is 0.455. The van der Waals surface area contributed by atoms with Crippen molar-refractivity contribution < 1.29 is 23.1 Å². The number of nitrogens with one attached hydrogen (secondary N) is 1. The number of hydrogen-bond donors (Lipinski definition) is 2. The number of carboxylic acids is 1. The van der Waals surface area contributed by atoms with Gasteiger partial charge in [-0.3, -0.25) is 4.72 Å². The van der Waals surface area contributed by atoms with Gasteiger partial charge in [0, 0.05) is 19.4 Å². The molecule has 1 aromatic rings.